The second kappa shape index (κ2) is 16.8. The molecule has 0 fully saturated rings. The van der Waals surface area contributed by atoms with Crippen LogP contribution in [0.15, 0.2) is 61.1 Å². The molecule has 0 aliphatic rings. The number of ether oxygens (including phenoxy) is 1. The molecule has 2 atom stereocenters. The van der Waals surface area contributed by atoms with Crippen LogP contribution in [0.3, 0.4) is 0 Å². The number of imidazole rings is 1. The highest BCUT2D eigenvalue weighted by atomic mass is 32.1. The minimum Gasteiger partial charge on any atom is -0.385 e. The molecule has 1 amide bonds. The van der Waals surface area contributed by atoms with Gasteiger partial charge in [-0.15, -0.1) is 0 Å². The standard InChI is InChI=1S/C32H39F3N6O2S/c1-4-23(2)29(39-30(42)16-27-18-37-22-41(27)19-25-12-10-24(17-36)11-13-25)21-40(31(44)38-14-7-15-43-3)20-26-8-5-6-9-28(26)32(33,34)35/h5-6,8-13,18,22-23,29H,4,7,14-16,19-21H2,1-3H3,(H,38,44)(H,39,42)/t23-,29+/m0/s1. The molecule has 12 heteroatoms. The number of methoxy groups -OCH3 is 1. The fraction of sp³-hybridized carbons (Fsp3) is 0.438. The number of halogens is 3. The number of alkyl halides is 3. The maximum atomic E-state index is 13.8. The van der Waals surface area contributed by atoms with E-state index in [1.165, 1.54) is 12.1 Å². The molecule has 0 unspecified atom stereocenters. The van der Waals surface area contributed by atoms with Gasteiger partial charge in [-0.25, -0.2) is 4.98 Å². The summed E-state index contributed by atoms with van der Waals surface area (Å²) in [6.45, 7) is 5.63. The Labute approximate surface area is 262 Å². The van der Waals surface area contributed by atoms with Crippen LogP contribution in [0.25, 0.3) is 0 Å². The van der Waals surface area contributed by atoms with Crippen molar-refractivity contribution in [1.82, 2.24) is 25.1 Å². The van der Waals surface area contributed by atoms with E-state index >= 15 is 0 Å². The van der Waals surface area contributed by atoms with Crippen LogP contribution >= 0.6 is 12.2 Å². The number of hydrogen-bond donors (Lipinski definition) is 2. The summed E-state index contributed by atoms with van der Waals surface area (Å²) in [5, 5.41) is 15.6. The van der Waals surface area contributed by atoms with Crippen LogP contribution in [0.2, 0.25) is 0 Å². The van der Waals surface area contributed by atoms with E-state index in [-0.39, 0.29) is 42.9 Å². The Morgan fingerprint density at radius 2 is 1.93 bits per heavy atom. The van der Waals surface area contributed by atoms with Gasteiger partial charge in [0.05, 0.1) is 29.9 Å². The van der Waals surface area contributed by atoms with Crippen molar-refractivity contribution in [3.63, 3.8) is 0 Å². The average Bonchev–Trinajstić information content (AvgIpc) is 3.43. The maximum Gasteiger partial charge on any atom is 0.416 e. The first-order chi connectivity index (χ1) is 21.0. The van der Waals surface area contributed by atoms with Crippen LogP contribution in [-0.2, 0) is 35.2 Å². The Morgan fingerprint density at radius 1 is 1.20 bits per heavy atom. The first-order valence-electron chi connectivity index (χ1n) is 14.5. The molecule has 0 bridgehead atoms. The van der Waals surface area contributed by atoms with E-state index in [2.05, 4.69) is 21.7 Å². The third kappa shape index (κ3) is 10.3. The minimum atomic E-state index is -4.51. The van der Waals surface area contributed by atoms with Gasteiger partial charge < -0.3 is 24.8 Å². The van der Waals surface area contributed by atoms with Gasteiger partial charge in [-0.05, 0) is 53.9 Å². The largest absolute Gasteiger partial charge is 0.416 e. The van der Waals surface area contributed by atoms with Crippen LogP contribution < -0.4 is 10.6 Å². The lowest BCUT2D eigenvalue weighted by Gasteiger charge is -2.34. The minimum absolute atomic E-state index is 0.0131. The molecule has 3 aromatic rings. The Morgan fingerprint density at radius 3 is 2.59 bits per heavy atom. The molecule has 236 valence electrons. The molecule has 0 spiro atoms. The first-order valence-corrected chi connectivity index (χ1v) is 14.9. The van der Waals surface area contributed by atoms with Crippen LogP contribution in [0, 0.1) is 17.2 Å². The lowest BCUT2D eigenvalue weighted by atomic mass is 9.97. The molecule has 3 rings (SSSR count). The number of carbonyl (C=O) groups excluding carboxylic acids is 1. The quantitative estimate of drug-likeness (QED) is 0.174. The van der Waals surface area contributed by atoms with Gasteiger partial charge in [0, 0.05) is 57.8 Å². The van der Waals surface area contributed by atoms with Gasteiger partial charge in [-0.3, -0.25) is 4.79 Å². The van der Waals surface area contributed by atoms with Gasteiger partial charge in [0.1, 0.15) is 0 Å². The van der Waals surface area contributed by atoms with Gasteiger partial charge in [0.15, 0.2) is 5.11 Å². The molecule has 2 aromatic carbocycles. The molecule has 1 aromatic heterocycles. The van der Waals surface area contributed by atoms with E-state index in [0.29, 0.717) is 42.5 Å². The fourth-order valence-electron chi connectivity index (χ4n) is 4.71. The highest BCUT2D eigenvalue weighted by Gasteiger charge is 2.34. The number of thiocarbonyl (C=S) groups is 1. The molecule has 0 saturated carbocycles. The zero-order valence-corrected chi connectivity index (χ0v) is 26.0. The molecule has 8 nitrogen and oxygen atoms in total. The average molecular weight is 629 g/mol. The van der Waals surface area contributed by atoms with Gasteiger partial charge >= 0.3 is 6.18 Å². The second-order valence-corrected chi connectivity index (χ2v) is 11.1. The lowest BCUT2D eigenvalue weighted by molar-refractivity contribution is -0.138. The van der Waals surface area contributed by atoms with E-state index < -0.39 is 11.7 Å². The van der Waals surface area contributed by atoms with Gasteiger partial charge in [0.25, 0.3) is 0 Å². The van der Waals surface area contributed by atoms with Crippen LogP contribution in [0.4, 0.5) is 13.2 Å². The summed E-state index contributed by atoms with van der Waals surface area (Å²) in [5.41, 5.74) is 1.62. The summed E-state index contributed by atoms with van der Waals surface area (Å²) < 4.78 is 48.5. The smallest absolute Gasteiger partial charge is 0.385 e. The van der Waals surface area contributed by atoms with E-state index in [0.717, 1.165) is 18.1 Å². The second-order valence-electron chi connectivity index (χ2n) is 10.7. The number of carbonyl (C=O) groups is 1. The Hall–Kier alpha value is -3.95. The van der Waals surface area contributed by atoms with Crippen molar-refractivity contribution in [3.05, 3.63) is 89.0 Å². The molecule has 0 aliphatic carbocycles. The van der Waals surface area contributed by atoms with Gasteiger partial charge in [0.2, 0.25) is 5.91 Å². The first kappa shape index (κ1) is 34.5. The summed E-state index contributed by atoms with van der Waals surface area (Å²) in [4.78, 5) is 19.3. The highest BCUT2D eigenvalue weighted by Crippen LogP contribution is 2.32. The predicted molar refractivity (Wildman–Crippen MR) is 167 cm³/mol. The maximum absolute atomic E-state index is 13.8. The zero-order valence-electron chi connectivity index (χ0n) is 25.2. The third-order valence-electron chi connectivity index (χ3n) is 7.44. The molecule has 0 radical (unpaired) electrons. The Balaban J connectivity index is 1.77. The summed E-state index contributed by atoms with van der Waals surface area (Å²) in [7, 11) is 1.60. The van der Waals surface area contributed by atoms with E-state index in [4.69, 9.17) is 22.2 Å². The van der Waals surface area contributed by atoms with Crippen LogP contribution in [0.5, 0.6) is 0 Å². The van der Waals surface area contributed by atoms with Crippen molar-refractivity contribution in [2.24, 2.45) is 5.92 Å². The molecule has 44 heavy (non-hydrogen) atoms. The van der Waals surface area contributed by atoms with Gasteiger partial charge in [-0.1, -0.05) is 50.6 Å². The molecular formula is C32H39F3N6O2S. The topological polar surface area (TPSA) is 95.2 Å². The fourth-order valence-corrected chi connectivity index (χ4v) is 4.96. The molecule has 0 aliphatic heterocycles. The van der Waals surface area contributed by atoms with Crippen LogP contribution in [-0.4, -0.2) is 58.3 Å². The number of nitrogens with zero attached hydrogens (tertiary/aromatic N) is 4. The van der Waals surface area contributed by atoms with Crippen molar-refractivity contribution >= 4 is 23.2 Å². The lowest BCUT2D eigenvalue weighted by Crippen LogP contribution is -2.51. The Bertz CT molecular complexity index is 1400. The summed E-state index contributed by atoms with van der Waals surface area (Å²) in [6, 6.07) is 14.4. The summed E-state index contributed by atoms with van der Waals surface area (Å²) >= 11 is 5.65. The zero-order chi connectivity index (χ0) is 32.1. The third-order valence-corrected chi connectivity index (χ3v) is 7.85. The monoisotopic (exact) mass is 628 g/mol. The Kier molecular flexibility index (Phi) is 13.2. The van der Waals surface area contributed by atoms with Crippen molar-refractivity contribution in [2.45, 2.75) is 58.4 Å². The van der Waals surface area contributed by atoms with Gasteiger partial charge in [-0.2, -0.15) is 18.4 Å². The molecule has 2 N–H and O–H groups in total. The number of nitriles is 1. The highest BCUT2D eigenvalue weighted by molar-refractivity contribution is 7.80. The van der Waals surface area contributed by atoms with Crippen molar-refractivity contribution in [3.8, 4) is 6.07 Å². The predicted octanol–water partition coefficient (Wildman–Crippen LogP) is 5.31. The number of aromatic nitrogens is 2. The van der Waals surface area contributed by atoms with Crippen molar-refractivity contribution in [1.29, 1.82) is 5.26 Å². The van der Waals surface area contributed by atoms with E-state index in [1.54, 1.807) is 42.7 Å². The summed E-state index contributed by atoms with van der Waals surface area (Å²) in [5.74, 6) is -0.217. The molecular weight excluding hydrogens is 589 g/mol. The number of hydrogen-bond acceptors (Lipinski definition) is 5. The number of rotatable bonds is 15. The molecule has 1 heterocycles. The van der Waals surface area contributed by atoms with Crippen molar-refractivity contribution < 1.29 is 22.7 Å². The number of amides is 1. The normalized spacial score (nSPS) is 12.7. The number of nitrogens with one attached hydrogen (secondary N) is 2. The summed E-state index contributed by atoms with van der Waals surface area (Å²) in [6.07, 6.45) is 0.260. The van der Waals surface area contributed by atoms with Crippen LogP contribution in [0.1, 0.15) is 54.6 Å². The molecule has 0 saturated heterocycles. The number of benzene rings is 2. The van der Waals surface area contributed by atoms with E-state index in [9.17, 15) is 18.0 Å². The van der Waals surface area contributed by atoms with Crippen molar-refractivity contribution in [2.75, 3.05) is 26.8 Å². The SMILES string of the molecule is CC[C@H](C)[C@@H](CN(Cc1ccccc1C(F)(F)F)C(=S)NCCCOC)NC(=O)Cc1cncn1Cc1ccc(C#N)cc1. The van der Waals surface area contributed by atoms with E-state index in [1.807, 2.05) is 30.5 Å².